The van der Waals surface area contributed by atoms with Gasteiger partial charge >= 0.3 is 5.97 Å². The molecule has 0 bridgehead atoms. The van der Waals surface area contributed by atoms with Crippen LogP contribution in [-0.2, 0) is 4.79 Å². The van der Waals surface area contributed by atoms with E-state index in [-0.39, 0.29) is 6.42 Å². The average Bonchev–Trinajstić information content (AvgIpc) is 2.15. The summed E-state index contributed by atoms with van der Waals surface area (Å²) in [6.07, 6.45) is -0.0702. The van der Waals surface area contributed by atoms with Gasteiger partial charge < -0.3 is 9.84 Å². The lowest BCUT2D eigenvalue weighted by Gasteiger charge is -2.13. The second kappa shape index (κ2) is 4.84. The molecule has 0 atom stereocenters. The fraction of sp³-hybridized carbons (Fsp3) is 0.308. The Bertz CT molecular complexity index is 433. The maximum Gasteiger partial charge on any atom is 0.307 e. The SMILES string of the molecule is C=C(CC(=O)O)c1cc(C)cc(C)c1OC. The molecule has 16 heavy (non-hydrogen) atoms. The predicted molar refractivity (Wildman–Crippen MR) is 63.8 cm³/mol. The molecular formula is C13H16O3. The third-order valence-electron chi connectivity index (χ3n) is 2.37. The van der Waals surface area contributed by atoms with Crippen LogP contribution in [0.15, 0.2) is 18.7 Å². The molecule has 1 N–H and O–H groups in total. The van der Waals surface area contributed by atoms with Crippen LogP contribution in [0, 0.1) is 13.8 Å². The molecule has 0 spiro atoms. The Morgan fingerprint density at radius 3 is 2.56 bits per heavy atom. The normalized spacial score (nSPS) is 9.94. The molecule has 1 aromatic rings. The summed E-state index contributed by atoms with van der Waals surface area (Å²) in [5, 5.41) is 8.75. The summed E-state index contributed by atoms with van der Waals surface area (Å²) in [4.78, 5) is 10.7. The summed E-state index contributed by atoms with van der Waals surface area (Å²) >= 11 is 0. The van der Waals surface area contributed by atoms with Crippen LogP contribution in [0.4, 0.5) is 0 Å². The summed E-state index contributed by atoms with van der Waals surface area (Å²) in [5.74, 6) is -0.178. The van der Waals surface area contributed by atoms with Gasteiger partial charge in [-0.1, -0.05) is 12.6 Å². The maximum absolute atomic E-state index is 10.7. The second-order valence-corrected chi connectivity index (χ2v) is 3.84. The topological polar surface area (TPSA) is 46.5 Å². The highest BCUT2D eigenvalue weighted by Crippen LogP contribution is 2.31. The molecule has 0 saturated carbocycles. The lowest BCUT2D eigenvalue weighted by molar-refractivity contribution is -0.135. The summed E-state index contributed by atoms with van der Waals surface area (Å²) in [7, 11) is 1.58. The Hall–Kier alpha value is -1.77. The number of rotatable bonds is 4. The number of carboxylic acid groups (broad SMARTS) is 1. The van der Waals surface area contributed by atoms with Gasteiger partial charge in [-0.2, -0.15) is 0 Å². The highest BCUT2D eigenvalue weighted by atomic mass is 16.5. The first kappa shape index (κ1) is 12.3. The molecule has 1 aromatic carbocycles. The van der Waals surface area contributed by atoms with Crippen molar-refractivity contribution in [2.45, 2.75) is 20.3 Å². The minimum atomic E-state index is -0.883. The summed E-state index contributed by atoms with van der Waals surface area (Å²) in [6.45, 7) is 7.69. The van der Waals surface area contributed by atoms with Gasteiger partial charge in [-0.05, 0) is 36.6 Å². The molecule has 3 heteroatoms. The van der Waals surface area contributed by atoms with E-state index < -0.39 is 5.97 Å². The number of carbonyl (C=O) groups is 1. The van der Waals surface area contributed by atoms with Crippen molar-refractivity contribution in [3.8, 4) is 5.75 Å². The van der Waals surface area contributed by atoms with Crippen LogP contribution < -0.4 is 4.74 Å². The van der Waals surface area contributed by atoms with Gasteiger partial charge in [-0.15, -0.1) is 0 Å². The fourth-order valence-corrected chi connectivity index (χ4v) is 1.77. The highest BCUT2D eigenvalue weighted by Gasteiger charge is 2.12. The van der Waals surface area contributed by atoms with Crippen molar-refractivity contribution < 1.29 is 14.6 Å². The van der Waals surface area contributed by atoms with E-state index in [1.54, 1.807) is 7.11 Å². The number of ether oxygens (including phenoxy) is 1. The van der Waals surface area contributed by atoms with E-state index in [2.05, 4.69) is 6.58 Å². The average molecular weight is 220 g/mol. The first-order chi connectivity index (χ1) is 7.45. The van der Waals surface area contributed by atoms with Crippen molar-refractivity contribution in [1.82, 2.24) is 0 Å². The number of methoxy groups -OCH3 is 1. The van der Waals surface area contributed by atoms with Crippen LogP contribution in [-0.4, -0.2) is 18.2 Å². The van der Waals surface area contributed by atoms with Crippen LogP contribution in [0.2, 0.25) is 0 Å². The Morgan fingerprint density at radius 2 is 2.06 bits per heavy atom. The monoisotopic (exact) mass is 220 g/mol. The van der Waals surface area contributed by atoms with Gasteiger partial charge in [0, 0.05) is 5.56 Å². The second-order valence-electron chi connectivity index (χ2n) is 3.84. The van der Waals surface area contributed by atoms with E-state index >= 15 is 0 Å². The lowest BCUT2D eigenvalue weighted by atomic mass is 9.98. The van der Waals surface area contributed by atoms with Crippen molar-refractivity contribution in [1.29, 1.82) is 0 Å². The van der Waals surface area contributed by atoms with Gasteiger partial charge in [0.15, 0.2) is 0 Å². The third-order valence-corrected chi connectivity index (χ3v) is 2.37. The first-order valence-electron chi connectivity index (χ1n) is 5.01. The van der Waals surface area contributed by atoms with Crippen molar-refractivity contribution in [3.05, 3.63) is 35.4 Å². The molecule has 86 valence electrons. The van der Waals surface area contributed by atoms with Crippen molar-refractivity contribution in [2.24, 2.45) is 0 Å². The van der Waals surface area contributed by atoms with Crippen LogP contribution in [0.3, 0.4) is 0 Å². The van der Waals surface area contributed by atoms with E-state index in [1.807, 2.05) is 26.0 Å². The number of benzene rings is 1. The number of aliphatic carboxylic acids is 1. The molecule has 0 unspecified atom stereocenters. The molecule has 0 aliphatic heterocycles. The van der Waals surface area contributed by atoms with Gasteiger partial charge in [-0.25, -0.2) is 0 Å². The first-order valence-corrected chi connectivity index (χ1v) is 5.01. The quantitative estimate of drug-likeness (QED) is 0.848. The van der Waals surface area contributed by atoms with Crippen molar-refractivity contribution in [3.63, 3.8) is 0 Å². The summed E-state index contributed by atoms with van der Waals surface area (Å²) < 4.78 is 5.28. The van der Waals surface area contributed by atoms with Gasteiger partial charge in [0.05, 0.1) is 13.5 Å². The zero-order chi connectivity index (χ0) is 12.3. The van der Waals surface area contributed by atoms with E-state index in [1.165, 1.54) is 0 Å². The van der Waals surface area contributed by atoms with E-state index in [4.69, 9.17) is 9.84 Å². The Kier molecular flexibility index (Phi) is 3.72. The Labute approximate surface area is 95.4 Å². The zero-order valence-electron chi connectivity index (χ0n) is 9.83. The molecular weight excluding hydrogens is 204 g/mol. The van der Waals surface area contributed by atoms with Gasteiger partial charge in [-0.3, -0.25) is 4.79 Å². The molecule has 0 aliphatic rings. The van der Waals surface area contributed by atoms with Gasteiger partial charge in [0.1, 0.15) is 5.75 Å². The minimum absolute atomic E-state index is 0.0702. The van der Waals surface area contributed by atoms with Gasteiger partial charge in [0.25, 0.3) is 0 Å². The van der Waals surface area contributed by atoms with Crippen LogP contribution in [0.5, 0.6) is 5.75 Å². The van der Waals surface area contributed by atoms with E-state index in [0.29, 0.717) is 11.3 Å². The van der Waals surface area contributed by atoms with E-state index in [0.717, 1.165) is 16.7 Å². The lowest BCUT2D eigenvalue weighted by Crippen LogP contribution is -2.00. The molecule has 3 nitrogen and oxygen atoms in total. The Balaban J connectivity index is 3.20. The highest BCUT2D eigenvalue weighted by molar-refractivity contribution is 5.85. The molecule has 0 heterocycles. The molecule has 0 aliphatic carbocycles. The largest absolute Gasteiger partial charge is 0.496 e. The standard InChI is InChI=1S/C13H16O3/c1-8-5-10(3)13(16-4)11(6-8)9(2)7-12(14)15/h5-6H,2,7H2,1,3-4H3,(H,14,15). The predicted octanol–water partition coefficient (Wildman–Crippen LogP) is 2.80. The van der Waals surface area contributed by atoms with Crippen LogP contribution >= 0.6 is 0 Å². The molecule has 0 amide bonds. The number of hydrogen-bond acceptors (Lipinski definition) is 2. The molecule has 0 fully saturated rings. The number of hydrogen-bond donors (Lipinski definition) is 1. The van der Waals surface area contributed by atoms with Crippen LogP contribution in [0.1, 0.15) is 23.1 Å². The molecule has 0 radical (unpaired) electrons. The zero-order valence-corrected chi connectivity index (χ0v) is 9.83. The maximum atomic E-state index is 10.7. The fourth-order valence-electron chi connectivity index (χ4n) is 1.77. The third kappa shape index (κ3) is 2.63. The van der Waals surface area contributed by atoms with Crippen LogP contribution in [0.25, 0.3) is 5.57 Å². The number of carboxylic acids is 1. The minimum Gasteiger partial charge on any atom is -0.496 e. The molecule has 1 rings (SSSR count). The summed E-state index contributed by atoms with van der Waals surface area (Å²) in [5.41, 5.74) is 3.41. The summed E-state index contributed by atoms with van der Waals surface area (Å²) in [6, 6.07) is 3.90. The molecule has 0 aromatic heterocycles. The van der Waals surface area contributed by atoms with Crippen molar-refractivity contribution >= 4 is 11.5 Å². The smallest absolute Gasteiger partial charge is 0.307 e. The Morgan fingerprint density at radius 1 is 1.44 bits per heavy atom. The molecule has 0 saturated heterocycles. The van der Waals surface area contributed by atoms with Gasteiger partial charge in [0.2, 0.25) is 0 Å². The van der Waals surface area contributed by atoms with E-state index in [9.17, 15) is 4.79 Å². The number of aryl methyl sites for hydroxylation is 2. The van der Waals surface area contributed by atoms with Crippen molar-refractivity contribution in [2.75, 3.05) is 7.11 Å².